The molecular formula is C14H24N4O. The minimum absolute atomic E-state index is 0.196. The summed E-state index contributed by atoms with van der Waals surface area (Å²) >= 11 is 0. The van der Waals surface area contributed by atoms with Crippen molar-refractivity contribution in [1.82, 2.24) is 9.78 Å². The molecule has 0 radical (unpaired) electrons. The van der Waals surface area contributed by atoms with Gasteiger partial charge in [-0.05, 0) is 44.6 Å². The van der Waals surface area contributed by atoms with Crippen molar-refractivity contribution in [2.75, 3.05) is 0 Å². The molecule has 0 saturated heterocycles. The van der Waals surface area contributed by atoms with Crippen LogP contribution in [0.2, 0.25) is 0 Å². The first kappa shape index (κ1) is 14.1. The number of primary amides is 1. The van der Waals surface area contributed by atoms with Crippen molar-refractivity contribution in [2.45, 2.75) is 64.0 Å². The molecule has 106 valence electrons. The summed E-state index contributed by atoms with van der Waals surface area (Å²) in [6.45, 7) is 4.23. The molecule has 1 aliphatic carbocycles. The number of carbonyl (C=O) groups excluding carboxylic acids is 1. The maximum atomic E-state index is 11.5. The number of hydrogen-bond acceptors (Lipinski definition) is 3. The smallest absolute Gasteiger partial charge is 0.237 e. The summed E-state index contributed by atoms with van der Waals surface area (Å²) < 4.78 is 2.07. The lowest BCUT2D eigenvalue weighted by atomic mass is 9.79. The number of aromatic nitrogens is 2. The van der Waals surface area contributed by atoms with Crippen LogP contribution in [0.5, 0.6) is 0 Å². The molecule has 19 heavy (non-hydrogen) atoms. The number of nitrogens with two attached hydrogens (primary N) is 2. The normalized spacial score (nSPS) is 27.4. The fourth-order valence-corrected chi connectivity index (χ4v) is 2.95. The first-order chi connectivity index (χ1) is 9.00. The number of hydrogen-bond donors (Lipinski definition) is 2. The van der Waals surface area contributed by atoms with Gasteiger partial charge >= 0.3 is 0 Å². The number of amides is 1. The zero-order valence-corrected chi connectivity index (χ0v) is 11.9. The topological polar surface area (TPSA) is 86.9 Å². The van der Waals surface area contributed by atoms with Gasteiger partial charge in [-0.2, -0.15) is 5.10 Å². The van der Waals surface area contributed by atoms with Crippen molar-refractivity contribution in [2.24, 2.45) is 11.5 Å². The molecular weight excluding hydrogens is 240 g/mol. The Hall–Kier alpha value is -1.36. The summed E-state index contributed by atoms with van der Waals surface area (Å²) in [6, 6.07) is 2.35. The van der Waals surface area contributed by atoms with Gasteiger partial charge in [0.15, 0.2) is 0 Å². The third-order valence-electron chi connectivity index (χ3n) is 4.18. The molecule has 2 rings (SSSR count). The van der Waals surface area contributed by atoms with Crippen molar-refractivity contribution in [3.63, 3.8) is 0 Å². The lowest BCUT2D eigenvalue weighted by Gasteiger charge is -2.36. The van der Waals surface area contributed by atoms with Crippen molar-refractivity contribution in [3.05, 3.63) is 17.5 Å². The SMILES string of the molecule is CCc1cc(CC)n(C2CCCC(N)(C(N)=O)C2)n1. The molecule has 4 N–H and O–H groups in total. The van der Waals surface area contributed by atoms with Gasteiger partial charge in [-0.25, -0.2) is 0 Å². The highest BCUT2D eigenvalue weighted by Gasteiger charge is 2.39. The van der Waals surface area contributed by atoms with Crippen LogP contribution in [-0.2, 0) is 17.6 Å². The van der Waals surface area contributed by atoms with Gasteiger partial charge in [0.05, 0.1) is 17.3 Å². The van der Waals surface area contributed by atoms with E-state index in [0.29, 0.717) is 12.8 Å². The van der Waals surface area contributed by atoms with Crippen LogP contribution in [0, 0.1) is 0 Å². The maximum absolute atomic E-state index is 11.5. The summed E-state index contributed by atoms with van der Waals surface area (Å²) in [4.78, 5) is 11.5. The van der Waals surface area contributed by atoms with E-state index in [-0.39, 0.29) is 6.04 Å². The van der Waals surface area contributed by atoms with Gasteiger partial charge in [0.1, 0.15) is 0 Å². The predicted octanol–water partition coefficient (Wildman–Crippen LogP) is 1.31. The quantitative estimate of drug-likeness (QED) is 0.859. The van der Waals surface area contributed by atoms with E-state index in [1.54, 1.807) is 0 Å². The zero-order chi connectivity index (χ0) is 14.0. The first-order valence-electron chi connectivity index (χ1n) is 7.16. The molecule has 2 atom stereocenters. The van der Waals surface area contributed by atoms with Crippen molar-refractivity contribution in [1.29, 1.82) is 0 Å². The Kier molecular flexibility index (Phi) is 3.94. The summed E-state index contributed by atoms with van der Waals surface area (Å²) in [5.41, 5.74) is 13.0. The summed E-state index contributed by atoms with van der Waals surface area (Å²) in [5.74, 6) is -0.391. The van der Waals surface area contributed by atoms with Crippen LogP contribution in [0.25, 0.3) is 0 Å². The number of aryl methyl sites for hydroxylation is 2. The molecule has 1 fully saturated rings. The van der Waals surface area contributed by atoms with E-state index in [4.69, 9.17) is 11.5 Å². The van der Waals surface area contributed by atoms with Gasteiger partial charge in [-0.15, -0.1) is 0 Å². The minimum atomic E-state index is -0.869. The van der Waals surface area contributed by atoms with Gasteiger partial charge in [-0.1, -0.05) is 13.8 Å². The summed E-state index contributed by atoms with van der Waals surface area (Å²) in [5, 5.41) is 4.66. The molecule has 1 aromatic heterocycles. The molecule has 5 nitrogen and oxygen atoms in total. The Morgan fingerprint density at radius 1 is 1.53 bits per heavy atom. The van der Waals surface area contributed by atoms with Crippen LogP contribution in [-0.4, -0.2) is 21.2 Å². The molecule has 2 unspecified atom stereocenters. The lowest BCUT2D eigenvalue weighted by molar-refractivity contribution is -0.124. The van der Waals surface area contributed by atoms with E-state index in [1.807, 2.05) is 0 Å². The third-order valence-corrected chi connectivity index (χ3v) is 4.18. The van der Waals surface area contributed by atoms with E-state index in [9.17, 15) is 4.79 Å². The number of carbonyl (C=O) groups is 1. The fourth-order valence-electron chi connectivity index (χ4n) is 2.95. The number of rotatable bonds is 4. The second-order valence-electron chi connectivity index (χ2n) is 5.55. The lowest BCUT2D eigenvalue weighted by Crippen LogP contribution is -2.55. The van der Waals surface area contributed by atoms with E-state index in [1.165, 1.54) is 5.69 Å². The first-order valence-corrected chi connectivity index (χ1v) is 7.16. The molecule has 0 aliphatic heterocycles. The molecule has 1 heterocycles. The Labute approximate surface area is 114 Å². The van der Waals surface area contributed by atoms with E-state index in [0.717, 1.165) is 31.4 Å². The standard InChI is InChI=1S/C14H24N4O/c1-3-10-8-11(4-2)18(17-10)12-6-5-7-14(16,9-12)13(15)19/h8,12H,3-7,9,16H2,1-2H3,(H2,15,19). The van der Waals surface area contributed by atoms with Crippen LogP contribution < -0.4 is 11.5 Å². The molecule has 0 bridgehead atoms. The number of nitrogens with zero attached hydrogens (tertiary/aromatic N) is 2. The van der Waals surface area contributed by atoms with Gasteiger partial charge < -0.3 is 11.5 Å². The Morgan fingerprint density at radius 3 is 2.84 bits per heavy atom. The summed E-state index contributed by atoms with van der Waals surface area (Å²) in [7, 11) is 0. The summed E-state index contributed by atoms with van der Waals surface area (Å²) in [6.07, 6.45) is 5.09. The average molecular weight is 264 g/mol. The van der Waals surface area contributed by atoms with Crippen LogP contribution in [0.3, 0.4) is 0 Å². The third kappa shape index (κ3) is 2.66. The van der Waals surface area contributed by atoms with Crippen LogP contribution >= 0.6 is 0 Å². The van der Waals surface area contributed by atoms with Gasteiger partial charge in [0, 0.05) is 5.69 Å². The molecule has 1 saturated carbocycles. The van der Waals surface area contributed by atoms with Crippen LogP contribution in [0.15, 0.2) is 6.07 Å². The predicted molar refractivity (Wildman–Crippen MR) is 74.6 cm³/mol. The van der Waals surface area contributed by atoms with Crippen LogP contribution in [0.4, 0.5) is 0 Å². The average Bonchev–Trinajstić information content (AvgIpc) is 2.82. The van der Waals surface area contributed by atoms with Crippen molar-refractivity contribution >= 4 is 5.91 Å². The second-order valence-corrected chi connectivity index (χ2v) is 5.55. The molecule has 0 aromatic carbocycles. The Balaban J connectivity index is 2.26. The molecule has 1 aromatic rings. The van der Waals surface area contributed by atoms with Crippen LogP contribution in [0.1, 0.15) is 57.0 Å². The molecule has 5 heteroatoms. The van der Waals surface area contributed by atoms with E-state index < -0.39 is 11.4 Å². The highest BCUT2D eigenvalue weighted by atomic mass is 16.1. The van der Waals surface area contributed by atoms with Gasteiger partial charge in [0.25, 0.3) is 0 Å². The molecule has 1 aliphatic rings. The van der Waals surface area contributed by atoms with E-state index in [2.05, 4.69) is 29.7 Å². The molecule has 1 amide bonds. The fraction of sp³-hybridized carbons (Fsp3) is 0.714. The van der Waals surface area contributed by atoms with Gasteiger partial charge in [0.2, 0.25) is 5.91 Å². The maximum Gasteiger partial charge on any atom is 0.237 e. The Morgan fingerprint density at radius 2 is 2.26 bits per heavy atom. The molecule has 0 spiro atoms. The van der Waals surface area contributed by atoms with Gasteiger partial charge in [-0.3, -0.25) is 9.48 Å². The zero-order valence-electron chi connectivity index (χ0n) is 11.9. The largest absolute Gasteiger partial charge is 0.368 e. The monoisotopic (exact) mass is 264 g/mol. The Bertz CT molecular complexity index is 468. The van der Waals surface area contributed by atoms with Crippen molar-refractivity contribution < 1.29 is 4.79 Å². The van der Waals surface area contributed by atoms with E-state index >= 15 is 0 Å². The minimum Gasteiger partial charge on any atom is -0.368 e. The highest BCUT2D eigenvalue weighted by Crippen LogP contribution is 2.34. The highest BCUT2D eigenvalue weighted by molar-refractivity contribution is 5.84. The van der Waals surface area contributed by atoms with Crippen molar-refractivity contribution in [3.8, 4) is 0 Å². The second kappa shape index (κ2) is 5.33.